The van der Waals surface area contributed by atoms with Crippen LogP contribution in [0.3, 0.4) is 0 Å². The fraction of sp³-hybridized carbons (Fsp3) is 0.400. The first kappa shape index (κ1) is 13.4. The Kier molecular flexibility index (Phi) is 3.49. The molecule has 0 bridgehead atoms. The van der Waals surface area contributed by atoms with E-state index in [1.54, 1.807) is 0 Å². The summed E-state index contributed by atoms with van der Waals surface area (Å²) in [7, 11) is 0. The molecule has 1 aliphatic rings. The molecule has 102 valence electrons. The highest BCUT2D eigenvalue weighted by Crippen LogP contribution is 2.28. The molecule has 1 aromatic heterocycles. The van der Waals surface area contributed by atoms with E-state index < -0.39 is 28.9 Å². The number of aliphatic hydroxyl groups is 1. The number of aliphatic carboxylic acids is 1. The topological polar surface area (TPSA) is 121 Å². The Bertz CT molecular complexity index is 542. The maximum absolute atomic E-state index is 12.1. The number of carboxylic acid groups (broad SMARTS) is 1. The minimum Gasteiger partial charge on any atom is -0.480 e. The summed E-state index contributed by atoms with van der Waals surface area (Å²) in [4.78, 5) is 34.1. The molecule has 2 N–H and O–H groups in total. The maximum atomic E-state index is 12.1. The van der Waals surface area contributed by atoms with Gasteiger partial charge >= 0.3 is 11.0 Å². The normalized spacial score (nSPS) is 22.5. The third-order valence-electron chi connectivity index (χ3n) is 2.81. The van der Waals surface area contributed by atoms with Crippen molar-refractivity contribution in [3.63, 3.8) is 0 Å². The highest BCUT2D eigenvalue weighted by Gasteiger charge is 2.39. The number of hydrogen-bond donors (Lipinski definition) is 2. The second-order valence-electron chi connectivity index (χ2n) is 4.10. The average Bonchev–Trinajstić information content (AvgIpc) is 2.94. The molecular formula is C10H10N2O6S. The SMILES string of the molecule is O=C(O)[C@H]1C[C@@H](O)CN1C(=O)c1ccc([N+](=O)[O-])s1. The summed E-state index contributed by atoms with van der Waals surface area (Å²) in [6.45, 7) is -0.0818. The lowest BCUT2D eigenvalue weighted by atomic mass is 10.2. The minimum absolute atomic E-state index is 0.0332. The summed E-state index contributed by atoms with van der Waals surface area (Å²) >= 11 is 0.686. The van der Waals surface area contributed by atoms with E-state index >= 15 is 0 Å². The van der Waals surface area contributed by atoms with E-state index in [2.05, 4.69) is 0 Å². The first-order valence-corrected chi connectivity index (χ1v) is 6.18. The third-order valence-corrected chi connectivity index (χ3v) is 3.83. The van der Waals surface area contributed by atoms with E-state index in [9.17, 15) is 24.8 Å². The van der Waals surface area contributed by atoms with E-state index in [-0.39, 0.29) is 22.8 Å². The van der Waals surface area contributed by atoms with Gasteiger partial charge < -0.3 is 15.1 Å². The average molecular weight is 286 g/mol. The van der Waals surface area contributed by atoms with Crippen molar-refractivity contribution in [3.8, 4) is 0 Å². The van der Waals surface area contributed by atoms with E-state index in [4.69, 9.17) is 5.11 Å². The van der Waals surface area contributed by atoms with Gasteiger partial charge in [0.15, 0.2) is 0 Å². The highest BCUT2D eigenvalue weighted by atomic mass is 32.1. The molecule has 9 heteroatoms. The van der Waals surface area contributed by atoms with Crippen LogP contribution in [0.2, 0.25) is 0 Å². The molecule has 0 saturated carbocycles. The van der Waals surface area contributed by atoms with Gasteiger partial charge in [-0.05, 0) is 6.07 Å². The van der Waals surface area contributed by atoms with Crippen LogP contribution in [0, 0.1) is 10.1 Å². The van der Waals surface area contributed by atoms with Gasteiger partial charge in [0.1, 0.15) is 6.04 Å². The van der Waals surface area contributed by atoms with Crippen molar-refractivity contribution >= 4 is 28.2 Å². The number of likely N-dealkylation sites (tertiary alicyclic amines) is 1. The van der Waals surface area contributed by atoms with Gasteiger partial charge in [-0.3, -0.25) is 14.9 Å². The van der Waals surface area contributed by atoms with Gasteiger partial charge in [0.25, 0.3) is 5.91 Å². The predicted octanol–water partition coefficient (Wildman–Crippen LogP) is 0.316. The summed E-state index contributed by atoms with van der Waals surface area (Å²) in [5.74, 6) is -1.81. The van der Waals surface area contributed by atoms with Crippen LogP contribution in [0.5, 0.6) is 0 Å². The van der Waals surface area contributed by atoms with Gasteiger partial charge in [0.2, 0.25) is 0 Å². The molecule has 0 radical (unpaired) electrons. The Labute approximate surface area is 111 Å². The highest BCUT2D eigenvalue weighted by molar-refractivity contribution is 7.17. The number of β-amino-alcohol motifs (C(OH)–C–C–N with tert-alkyl or cyclic N) is 1. The maximum Gasteiger partial charge on any atom is 0.326 e. The summed E-state index contributed by atoms with van der Waals surface area (Å²) < 4.78 is 0. The Balaban J connectivity index is 2.22. The Morgan fingerprint density at radius 1 is 1.47 bits per heavy atom. The molecule has 0 aliphatic carbocycles. The van der Waals surface area contributed by atoms with Crippen molar-refractivity contribution in [2.75, 3.05) is 6.54 Å². The number of carboxylic acids is 1. The zero-order valence-electron chi connectivity index (χ0n) is 9.55. The third kappa shape index (κ3) is 2.56. The Morgan fingerprint density at radius 3 is 2.68 bits per heavy atom. The number of nitrogens with zero attached hydrogens (tertiary/aromatic N) is 2. The lowest BCUT2D eigenvalue weighted by Crippen LogP contribution is -2.40. The molecule has 2 rings (SSSR count). The van der Waals surface area contributed by atoms with E-state index in [0.717, 1.165) is 4.90 Å². The lowest BCUT2D eigenvalue weighted by Gasteiger charge is -2.19. The number of hydrogen-bond acceptors (Lipinski definition) is 6. The number of nitro groups is 1. The molecule has 0 aromatic carbocycles. The Hall–Kier alpha value is -2.00. The molecule has 2 heterocycles. The van der Waals surface area contributed by atoms with Gasteiger partial charge in [-0.25, -0.2) is 4.79 Å². The second kappa shape index (κ2) is 4.94. The monoisotopic (exact) mass is 286 g/mol. The number of aliphatic hydroxyl groups excluding tert-OH is 1. The molecule has 0 unspecified atom stereocenters. The van der Waals surface area contributed by atoms with Crippen molar-refractivity contribution in [2.45, 2.75) is 18.6 Å². The van der Waals surface area contributed by atoms with Crippen molar-refractivity contribution in [3.05, 3.63) is 27.1 Å². The first-order chi connectivity index (χ1) is 8.90. The smallest absolute Gasteiger partial charge is 0.326 e. The van der Waals surface area contributed by atoms with Gasteiger partial charge in [0.05, 0.1) is 15.9 Å². The number of thiophene rings is 1. The fourth-order valence-corrected chi connectivity index (χ4v) is 2.73. The van der Waals surface area contributed by atoms with Crippen LogP contribution in [0.4, 0.5) is 5.00 Å². The van der Waals surface area contributed by atoms with Crippen LogP contribution in [-0.4, -0.2) is 50.6 Å². The van der Waals surface area contributed by atoms with Crippen molar-refractivity contribution in [1.82, 2.24) is 4.90 Å². The zero-order chi connectivity index (χ0) is 14.2. The van der Waals surface area contributed by atoms with Crippen molar-refractivity contribution < 1.29 is 24.7 Å². The van der Waals surface area contributed by atoms with E-state index in [1.165, 1.54) is 12.1 Å². The standard InChI is InChI=1S/C10H10N2O6S/c13-5-3-6(10(15)16)11(4-5)9(14)7-1-2-8(19-7)12(17)18/h1-2,5-6,13H,3-4H2,(H,15,16)/t5-,6-/m1/s1. The molecule has 2 atom stereocenters. The molecule has 1 amide bonds. The van der Waals surface area contributed by atoms with E-state index in [1.807, 2.05) is 0 Å². The molecular weight excluding hydrogens is 276 g/mol. The molecule has 1 aromatic rings. The van der Waals surface area contributed by atoms with Crippen LogP contribution in [0.15, 0.2) is 12.1 Å². The zero-order valence-corrected chi connectivity index (χ0v) is 10.4. The number of amides is 1. The molecule has 1 saturated heterocycles. The van der Waals surface area contributed by atoms with Crippen LogP contribution in [0.25, 0.3) is 0 Å². The van der Waals surface area contributed by atoms with Crippen LogP contribution in [0.1, 0.15) is 16.1 Å². The van der Waals surface area contributed by atoms with Gasteiger partial charge in [-0.2, -0.15) is 0 Å². The number of rotatable bonds is 3. The second-order valence-corrected chi connectivity index (χ2v) is 5.16. The molecule has 8 nitrogen and oxygen atoms in total. The summed E-state index contributed by atoms with van der Waals surface area (Å²) in [6.07, 6.45) is -0.922. The largest absolute Gasteiger partial charge is 0.480 e. The van der Waals surface area contributed by atoms with Gasteiger partial charge in [-0.1, -0.05) is 11.3 Å². The summed E-state index contributed by atoms with van der Waals surface area (Å²) in [6, 6.07) is 1.39. The molecule has 1 fully saturated rings. The van der Waals surface area contributed by atoms with Crippen LogP contribution in [-0.2, 0) is 4.79 Å². The molecule has 19 heavy (non-hydrogen) atoms. The van der Waals surface area contributed by atoms with Gasteiger partial charge in [-0.15, -0.1) is 0 Å². The minimum atomic E-state index is -1.20. The van der Waals surface area contributed by atoms with Gasteiger partial charge in [0, 0.05) is 19.0 Å². The van der Waals surface area contributed by atoms with E-state index in [0.29, 0.717) is 11.3 Å². The van der Waals surface area contributed by atoms with Crippen LogP contribution >= 0.6 is 11.3 Å². The summed E-state index contributed by atoms with van der Waals surface area (Å²) in [5, 5.41) is 28.8. The van der Waals surface area contributed by atoms with Crippen LogP contribution < -0.4 is 0 Å². The predicted molar refractivity (Wildman–Crippen MR) is 64.1 cm³/mol. The molecule has 1 aliphatic heterocycles. The number of carbonyl (C=O) groups is 2. The fourth-order valence-electron chi connectivity index (χ4n) is 1.95. The lowest BCUT2D eigenvalue weighted by molar-refractivity contribution is -0.380. The Morgan fingerprint density at radius 2 is 2.16 bits per heavy atom. The summed E-state index contributed by atoms with van der Waals surface area (Å²) in [5.41, 5.74) is 0. The van der Waals surface area contributed by atoms with Crippen molar-refractivity contribution in [2.24, 2.45) is 0 Å². The number of carbonyl (C=O) groups excluding carboxylic acids is 1. The quantitative estimate of drug-likeness (QED) is 0.609. The van der Waals surface area contributed by atoms with Crippen molar-refractivity contribution in [1.29, 1.82) is 0 Å². The first-order valence-electron chi connectivity index (χ1n) is 5.36. The molecule has 0 spiro atoms.